The number of aliphatic carboxylic acids is 2. The highest BCUT2D eigenvalue weighted by molar-refractivity contribution is 6.04. The quantitative estimate of drug-likeness (QED) is 0.0584. The molecule has 3 atom stereocenters. The Morgan fingerprint density at radius 2 is 1.20 bits per heavy atom. The van der Waals surface area contributed by atoms with Crippen LogP contribution in [0.5, 0.6) is 0 Å². The third-order valence-corrected chi connectivity index (χ3v) is 8.04. The van der Waals surface area contributed by atoms with Crippen molar-refractivity contribution in [3.05, 3.63) is 95.6 Å². The van der Waals surface area contributed by atoms with Crippen LogP contribution in [0.25, 0.3) is 0 Å². The third kappa shape index (κ3) is 14.8. The van der Waals surface area contributed by atoms with Crippen LogP contribution in [-0.2, 0) is 43.2 Å². The highest BCUT2D eigenvalue weighted by Gasteiger charge is 2.29. The van der Waals surface area contributed by atoms with Gasteiger partial charge in [-0.25, -0.2) is 9.59 Å². The normalized spacial score (nSPS) is 13.1. The Kier molecular flexibility index (Phi) is 15.7. The van der Waals surface area contributed by atoms with Gasteiger partial charge < -0.3 is 36.8 Å². The largest absolute Gasteiger partial charge is 0.480 e. The molecule has 7 N–H and O–H groups in total. The fourth-order valence-corrected chi connectivity index (χ4v) is 5.57. The van der Waals surface area contributed by atoms with Crippen molar-refractivity contribution in [1.29, 1.82) is 5.26 Å². The molecule has 0 radical (unpaired) electrons. The van der Waals surface area contributed by atoms with E-state index in [0.717, 1.165) is 5.69 Å². The van der Waals surface area contributed by atoms with Gasteiger partial charge in [0.2, 0.25) is 29.9 Å². The molecule has 0 aliphatic heterocycles. The molecule has 0 saturated heterocycles. The maximum Gasteiger partial charge on any atom is 0.326 e. The molecule has 14 nitrogen and oxygen atoms in total. The van der Waals surface area contributed by atoms with Crippen LogP contribution in [0, 0.1) is 22.8 Å². The maximum absolute atomic E-state index is 13.5. The van der Waals surface area contributed by atoms with E-state index in [0.29, 0.717) is 22.4 Å². The molecule has 0 fully saturated rings. The number of benzene rings is 3. The zero-order valence-corrected chi connectivity index (χ0v) is 31.2. The van der Waals surface area contributed by atoms with Gasteiger partial charge in [0.15, 0.2) is 0 Å². The van der Waals surface area contributed by atoms with Gasteiger partial charge in [-0.15, -0.1) is 4.99 Å². The van der Waals surface area contributed by atoms with E-state index in [1.807, 2.05) is 65.0 Å². The van der Waals surface area contributed by atoms with Gasteiger partial charge in [0.1, 0.15) is 18.1 Å². The van der Waals surface area contributed by atoms with Crippen molar-refractivity contribution in [3.8, 4) is 6.19 Å². The minimum Gasteiger partial charge on any atom is -0.480 e. The lowest BCUT2D eigenvalue weighted by Gasteiger charge is -2.24. The van der Waals surface area contributed by atoms with Gasteiger partial charge in [0, 0.05) is 30.6 Å². The Balaban J connectivity index is 1.67. The summed E-state index contributed by atoms with van der Waals surface area (Å²) >= 11 is 0. The number of amides is 3. The van der Waals surface area contributed by atoms with Gasteiger partial charge >= 0.3 is 11.9 Å². The van der Waals surface area contributed by atoms with Crippen LogP contribution in [0.15, 0.2) is 83.9 Å². The Labute approximate surface area is 315 Å². The van der Waals surface area contributed by atoms with E-state index in [-0.39, 0.29) is 49.4 Å². The predicted molar refractivity (Wildman–Crippen MR) is 205 cm³/mol. The van der Waals surface area contributed by atoms with Crippen LogP contribution in [-0.4, -0.2) is 64.0 Å². The topological polar surface area (TPSA) is 222 Å². The van der Waals surface area contributed by atoms with E-state index in [1.165, 1.54) is 0 Å². The second-order valence-corrected chi connectivity index (χ2v) is 14.6. The summed E-state index contributed by atoms with van der Waals surface area (Å²) in [6.45, 7) is 9.34. The highest BCUT2D eigenvalue weighted by atomic mass is 16.4. The Morgan fingerprint density at radius 1 is 0.704 bits per heavy atom. The standard InChI is InChI=1S/C40H49N7O7/c1-25(2)19-31(45-34(48)20-26-15-17-30(18-16-26)44-39(42-24-41)43-29-13-7-6-8-14-29)36(50)47-33(38(53)54)22-28-12-10-9-11-27(28)21-32(37(51)52)46-35(49)23-40(3,4)5/h6-18,25,31-33H,19-23H2,1-5H3,(H,45,48)(H,46,49)(H,47,50)(H,51,52)(H,53,54)(H2,42,43,44). The van der Waals surface area contributed by atoms with E-state index >= 15 is 0 Å². The molecule has 54 heavy (non-hydrogen) atoms. The number of nitriles is 1. The summed E-state index contributed by atoms with van der Waals surface area (Å²) in [7, 11) is 0. The summed E-state index contributed by atoms with van der Waals surface area (Å²) in [5, 5.41) is 43.0. The fourth-order valence-electron chi connectivity index (χ4n) is 5.57. The number of nitrogens with one attached hydrogen (secondary N) is 5. The minimum absolute atomic E-state index is 0.0226. The van der Waals surface area contributed by atoms with Gasteiger partial charge in [-0.1, -0.05) is 89.2 Å². The molecule has 0 aromatic heterocycles. The van der Waals surface area contributed by atoms with Crippen molar-refractivity contribution >= 4 is 47.0 Å². The Hall–Kier alpha value is -6.23. The Morgan fingerprint density at radius 3 is 1.70 bits per heavy atom. The summed E-state index contributed by atoms with van der Waals surface area (Å²) in [6, 6.07) is 19.1. The van der Waals surface area contributed by atoms with Gasteiger partial charge in [0.05, 0.1) is 6.42 Å². The highest BCUT2D eigenvalue weighted by Crippen LogP contribution is 2.19. The molecule has 3 aromatic rings. The molecular weight excluding hydrogens is 690 g/mol. The van der Waals surface area contributed by atoms with Crippen LogP contribution in [0.2, 0.25) is 0 Å². The number of carbonyl (C=O) groups is 5. The molecule has 0 aliphatic rings. The van der Waals surface area contributed by atoms with Gasteiger partial charge in [-0.3, -0.25) is 14.4 Å². The number of carbonyl (C=O) groups excluding carboxylic acids is 3. The first kappa shape index (κ1) is 42.2. The lowest BCUT2D eigenvalue weighted by molar-refractivity contribution is -0.142. The number of anilines is 2. The number of hydrogen-bond acceptors (Lipinski definition) is 7. The lowest BCUT2D eigenvalue weighted by Crippen LogP contribution is -2.53. The van der Waals surface area contributed by atoms with Crippen molar-refractivity contribution in [2.45, 2.75) is 84.8 Å². The molecule has 286 valence electrons. The smallest absolute Gasteiger partial charge is 0.326 e. The van der Waals surface area contributed by atoms with E-state index in [1.54, 1.807) is 54.7 Å². The lowest BCUT2D eigenvalue weighted by atomic mass is 9.91. The van der Waals surface area contributed by atoms with Gasteiger partial charge in [-0.05, 0) is 58.7 Å². The van der Waals surface area contributed by atoms with Crippen LogP contribution in [0.4, 0.5) is 11.4 Å². The van der Waals surface area contributed by atoms with Crippen molar-refractivity contribution in [3.63, 3.8) is 0 Å². The van der Waals surface area contributed by atoms with Crippen LogP contribution >= 0.6 is 0 Å². The molecule has 0 saturated carbocycles. The van der Waals surface area contributed by atoms with Crippen molar-refractivity contribution in [2.24, 2.45) is 16.3 Å². The molecule has 3 amide bonds. The fraction of sp³-hybridized carbons (Fsp3) is 0.375. The summed E-state index contributed by atoms with van der Waals surface area (Å²) in [5.74, 6) is -3.88. The number of rotatable bonds is 17. The Bertz CT molecular complexity index is 1830. The molecule has 0 aliphatic carbocycles. The molecule has 0 bridgehead atoms. The number of para-hydroxylation sites is 1. The molecule has 3 unspecified atom stereocenters. The average Bonchev–Trinajstić information content (AvgIpc) is 3.08. The number of carboxylic acid groups (broad SMARTS) is 2. The monoisotopic (exact) mass is 739 g/mol. The SMILES string of the molecule is CC(C)CC(NC(=O)Cc1ccc(NC(=NC#N)Nc2ccccc2)cc1)C(=O)NC(Cc1ccccc1CC(NC(=O)CC(C)(C)C)C(=O)O)C(=O)O. The number of guanidine groups is 1. The van der Waals surface area contributed by atoms with E-state index in [4.69, 9.17) is 5.26 Å². The van der Waals surface area contributed by atoms with Crippen molar-refractivity contribution in [2.75, 3.05) is 10.6 Å². The summed E-state index contributed by atoms with van der Waals surface area (Å²) in [6.07, 6.45) is 1.80. The molecule has 0 heterocycles. The van der Waals surface area contributed by atoms with E-state index < -0.39 is 47.8 Å². The molecule has 3 rings (SSSR count). The van der Waals surface area contributed by atoms with Gasteiger partial charge in [-0.2, -0.15) is 5.26 Å². The zero-order valence-electron chi connectivity index (χ0n) is 31.2. The third-order valence-electron chi connectivity index (χ3n) is 8.04. The summed E-state index contributed by atoms with van der Waals surface area (Å²) in [4.78, 5) is 67.5. The van der Waals surface area contributed by atoms with Crippen molar-refractivity contribution < 1.29 is 34.2 Å². The summed E-state index contributed by atoms with van der Waals surface area (Å²) in [5.41, 5.74) is 2.63. The van der Waals surface area contributed by atoms with Gasteiger partial charge in [0.25, 0.3) is 0 Å². The van der Waals surface area contributed by atoms with Crippen molar-refractivity contribution in [1.82, 2.24) is 16.0 Å². The second kappa shape index (κ2) is 20.1. The average molecular weight is 740 g/mol. The predicted octanol–water partition coefficient (Wildman–Crippen LogP) is 4.48. The maximum atomic E-state index is 13.5. The molecule has 14 heteroatoms. The summed E-state index contributed by atoms with van der Waals surface area (Å²) < 4.78 is 0. The number of aliphatic imine (C=N–C) groups is 1. The molecular formula is C40H49N7O7. The van der Waals surface area contributed by atoms with Crippen LogP contribution in [0.1, 0.15) is 64.2 Å². The minimum atomic E-state index is -1.39. The first-order valence-corrected chi connectivity index (χ1v) is 17.6. The zero-order chi connectivity index (χ0) is 39.8. The number of carboxylic acids is 2. The van der Waals surface area contributed by atoms with E-state index in [2.05, 4.69) is 31.6 Å². The van der Waals surface area contributed by atoms with E-state index in [9.17, 15) is 34.2 Å². The number of nitrogens with zero attached hydrogens (tertiary/aromatic N) is 2. The van der Waals surface area contributed by atoms with Crippen LogP contribution in [0.3, 0.4) is 0 Å². The van der Waals surface area contributed by atoms with Crippen LogP contribution < -0.4 is 26.6 Å². The molecule has 0 spiro atoms. The first-order valence-electron chi connectivity index (χ1n) is 17.6. The number of hydrogen-bond donors (Lipinski definition) is 7. The first-order chi connectivity index (χ1) is 25.5. The second-order valence-electron chi connectivity index (χ2n) is 14.6. The molecule has 3 aromatic carbocycles.